The fourth-order valence-electron chi connectivity index (χ4n) is 3.00. The highest BCUT2D eigenvalue weighted by atomic mass is 19.1. The highest BCUT2D eigenvalue weighted by Gasteiger charge is 2.28. The molecule has 0 aliphatic carbocycles. The van der Waals surface area contributed by atoms with Gasteiger partial charge in [-0.05, 0) is 35.6 Å². The molecule has 1 atom stereocenters. The molecule has 0 unspecified atom stereocenters. The second-order valence-corrected chi connectivity index (χ2v) is 7.37. The van der Waals surface area contributed by atoms with Gasteiger partial charge in [0.15, 0.2) is 0 Å². The maximum absolute atomic E-state index is 13.2. The van der Waals surface area contributed by atoms with Gasteiger partial charge in [0.2, 0.25) is 11.8 Å². The zero-order valence-corrected chi connectivity index (χ0v) is 16.8. The van der Waals surface area contributed by atoms with E-state index in [0.29, 0.717) is 25.4 Å². The average molecular weight is 384 g/mol. The molecule has 0 aromatic heterocycles. The molecule has 0 saturated heterocycles. The van der Waals surface area contributed by atoms with Crippen LogP contribution in [0.25, 0.3) is 0 Å². The van der Waals surface area contributed by atoms with E-state index in [-0.39, 0.29) is 24.1 Å². The molecule has 2 aromatic rings. The monoisotopic (exact) mass is 384 g/mol. The van der Waals surface area contributed by atoms with Crippen LogP contribution in [0.2, 0.25) is 0 Å². The summed E-state index contributed by atoms with van der Waals surface area (Å²) < 4.78 is 13.2. The maximum Gasteiger partial charge on any atom is 0.242 e. The van der Waals surface area contributed by atoms with Gasteiger partial charge in [-0.1, -0.05) is 63.2 Å². The van der Waals surface area contributed by atoms with Crippen molar-refractivity contribution in [3.8, 4) is 0 Å². The second-order valence-electron chi connectivity index (χ2n) is 7.37. The van der Waals surface area contributed by atoms with Gasteiger partial charge < -0.3 is 10.2 Å². The summed E-state index contributed by atoms with van der Waals surface area (Å²) in [4.78, 5) is 27.5. The van der Waals surface area contributed by atoms with Crippen LogP contribution in [0.15, 0.2) is 54.6 Å². The largest absolute Gasteiger partial charge is 0.354 e. The normalized spacial score (nSPS) is 11.9. The molecule has 0 aliphatic heterocycles. The second kappa shape index (κ2) is 10.6. The summed E-state index contributed by atoms with van der Waals surface area (Å²) in [6.45, 7) is 6.89. The minimum absolute atomic E-state index is 0.126. The lowest BCUT2D eigenvalue weighted by Crippen LogP contribution is -2.50. The SMILES string of the molecule is CC[C@H](C(=O)NCC(C)C)N(Cc1ccccc1)C(=O)Cc1ccc(F)cc1. The van der Waals surface area contributed by atoms with E-state index in [2.05, 4.69) is 5.32 Å². The van der Waals surface area contributed by atoms with E-state index in [9.17, 15) is 14.0 Å². The molecule has 150 valence electrons. The molecular weight excluding hydrogens is 355 g/mol. The summed E-state index contributed by atoms with van der Waals surface area (Å²) >= 11 is 0. The van der Waals surface area contributed by atoms with Gasteiger partial charge in [0, 0.05) is 13.1 Å². The zero-order chi connectivity index (χ0) is 20.5. The third-order valence-electron chi connectivity index (χ3n) is 4.53. The number of halogens is 1. The summed E-state index contributed by atoms with van der Waals surface area (Å²) in [5, 5.41) is 2.94. The van der Waals surface area contributed by atoms with Crippen LogP contribution in [0.1, 0.15) is 38.3 Å². The summed E-state index contributed by atoms with van der Waals surface area (Å²) in [6.07, 6.45) is 0.646. The molecule has 5 heteroatoms. The van der Waals surface area contributed by atoms with E-state index in [0.717, 1.165) is 11.1 Å². The Morgan fingerprint density at radius 2 is 1.64 bits per heavy atom. The van der Waals surface area contributed by atoms with E-state index in [1.165, 1.54) is 12.1 Å². The van der Waals surface area contributed by atoms with Crippen LogP contribution in [0, 0.1) is 11.7 Å². The number of nitrogens with zero attached hydrogens (tertiary/aromatic N) is 1. The third-order valence-corrected chi connectivity index (χ3v) is 4.53. The van der Waals surface area contributed by atoms with Crippen LogP contribution in [0.4, 0.5) is 4.39 Å². The van der Waals surface area contributed by atoms with Crippen molar-refractivity contribution in [1.82, 2.24) is 10.2 Å². The lowest BCUT2D eigenvalue weighted by molar-refractivity contribution is -0.141. The Balaban J connectivity index is 2.22. The number of hydrogen-bond donors (Lipinski definition) is 1. The predicted molar refractivity (Wildman–Crippen MR) is 109 cm³/mol. The Morgan fingerprint density at radius 1 is 1.00 bits per heavy atom. The fraction of sp³-hybridized carbons (Fsp3) is 0.391. The van der Waals surface area contributed by atoms with Crippen LogP contribution in [0.3, 0.4) is 0 Å². The van der Waals surface area contributed by atoms with Crippen molar-refractivity contribution in [2.45, 2.75) is 46.2 Å². The van der Waals surface area contributed by atoms with E-state index < -0.39 is 6.04 Å². The first-order valence-corrected chi connectivity index (χ1v) is 9.76. The predicted octanol–water partition coefficient (Wildman–Crippen LogP) is 3.95. The molecule has 0 bridgehead atoms. The molecule has 0 radical (unpaired) electrons. The Labute approximate surface area is 166 Å². The number of amides is 2. The van der Waals surface area contributed by atoms with Crippen molar-refractivity contribution in [1.29, 1.82) is 0 Å². The number of hydrogen-bond acceptors (Lipinski definition) is 2. The van der Waals surface area contributed by atoms with E-state index in [1.54, 1.807) is 17.0 Å². The maximum atomic E-state index is 13.2. The Kier molecular flexibility index (Phi) is 8.18. The topological polar surface area (TPSA) is 49.4 Å². The molecule has 1 N–H and O–H groups in total. The minimum Gasteiger partial charge on any atom is -0.354 e. The lowest BCUT2D eigenvalue weighted by Gasteiger charge is -2.31. The summed E-state index contributed by atoms with van der Waals surface area (Å²) in [7, 11) is 0. The van der Waals surface area contributed by atoms with Gasteiger partial charge in [0.25, 0.3) is 0 Å². The van der Waals surface area contributed by atoms with Crippen LogP contribution < -0.4 is 5.32 Å². The molecule has 2 amide bonds. The van der Waals surface area contributed by atoms with Crippen LogP contribution >= 0.6 is 0 Å². The van der Waals surface area contributed by atoms with Crippen molar-refractivity contribution >= 4 is 11.8 Å². The molecule has 2 aromatic carbocycles. The summed E-state index contributed by atoms with van der Waals surface area (Å²) in [5.74, 6) is -0.294. The van der Waals surface area contributed by atoms with Crippen molar-refractivity contribution in [3.63, 3.8) is 0 Å². The Bertz CT molecular complexity index is 760. The Morgan fingerprint density at radius 3 is 2.21 bits per heavy atom. The lowest BCUT2D eigenvalue weighted by atomic mass is 10.1. The Hall–Kier alpha value is -2.69. The fourth-order valence-corrected chi connectivity index (χ4v) is 3.00. The van der Waals surface area contributed by atoms with E-state index in [4.69, 9.17) is 0 Å². The zero-order valence-electron chi connectivity index (χ0n) is 16.8. The molecule has 28 heavy (non-hydrogen) atoms. The molecule has 0 aliphatic rings. The number of carbonyl (C=O) groups is 2. The van der Waals surface area contributed by atoms with E-state index >= 15 is 0 Å². The van der Waals surface area contributed by atoms with Gasteiger partial charge >= 0.3 is 0 Å². The molecule has 0 saturated carbocycles. The number of carbonyl (C=O) groups excluding carboxylic acids is 2. The van der Waals surface area contributed by atoms with Crippen LogP contribution in [-0.2, 0) is 22.6 Å². The van der Waals surface area contributed by atoms with Gasteiger partial charge in [-0.15, -0.1) is 0 Å². The number of nitrogens with one attached hydrogen (secondary N) is 1. The molecular formula is C23H29FN2O2. The summed E-state index contributed by atoms with van der Waals surface area (Å²) in [6, 6.07) is 15.0. The van der Waals surface area contributed by atoms with Crippen molar-refractivity contribution in [2.24, 2.45) is 5.92 Å². The van der Waals surface area contributed by atoms with Gasteiger partial charge in [0.1, 0.15) is 11.9 Å². The minimum atomic E-state index is -0.549. The molecule has 0 fully saturated rings. The molecule has 4 nitrogen and oxygen atoms in total. The van der Waals surface area contributed by atoms with Gasteiger partial charge in [-0.3, -0.25) is 9.59 Å². The first kappa shape index (κ1) is 21.6. The van der Waals surface area contributed by atoms with Crippen molar-refractivity contribution in [3.05, 3.63) is 71.5 Å². The van der Waals surface area contributed by atoms with Gasteiger partial charge in [-0.2, -0.15) is 0 Å². The van der Waals surface area contributed by atoms with Crippen LogP contribution in [0.5, 0.6) is 0 Å². The van der Waals surface area contributed by atoms with Crippen molar-refractivity contribution < 1.29 is 14.0 Å². The summed E-state index contributed by atoms with van der Waals surface area (Å²) in [5.41, 5.74) is 1.69. The standard InChI is InChI=1S/C23H29FN2O2/c1-4-21(23(28)25-15-17(2)3)26(16-19-8-6-5-7-9-19)22(27)14-18-10-12-20(24)13-11-18/h5-13,17,21H,4,14-16H2,1-3H3,(H,25,28)/t21-/m1/s1. The highest BCUT2D eigenvalue weighted by Crippen LogP contribution is 2.15. The first-order valence-electron chi connectivity index (χ1n) is 9.76. The third kappa shape index (κ3) is 6.48. The highest BCUT2D eigenvalue weighted by molar-refractivity contribution is 5.88. The number of benzene rings is 2. The quantitative estimate of drug-likeness (QED) is 0.712. The van der Waals surface area contributed by atoms with Gasteiger partial charge in [-0.25, -0.2) is 4.39 Å². The average Bonchev–Trinajstić information content (AvgIpc) is 2.68. The number of rotatable bonds is 9. The molecule has 0 heterocycles. The van der Waals surface area contributed by atoms with E-state index in [1.807, 2.05) is 51.1 Å². The molecule has 2 rings (SSSR count). The van der Waals surface area contributed by atoms with Crippen LogP contribution in [-0.4, -0.2) is 29.3 Å². The van der Waals surface area contributed by atoms with Crippen molar-refractivity contribution in [2.75, 3.05) is 6.54 Å². The van der Waals surface area contributed by atoms with Gasteiger partial charge in [0.05, 0.1) is 6.42 Å². The smallest absolute Gasteiger partial charge is 0.242 e. The molecule has 0 spiro atoms. The first-order chi connectivity index (χ1) is 13.4.